The minimum atomic E-state index is -2.97. The van der Waals surface area contributed by atoms with Gasteiger partial charge in [0.15, 0.2) is 0 Å². The van der Waals surface area contributed by atoms with E-state index in [1.807, 2.05) is 97.1 Å². The summed E-state index contributed by atoms with van der Waals surface area (Å²) in [5.41, 5.74) is 5.78. The maximum atomic E-state index is 10.8. The van der Waals surface area contributed by atoms with E-state index in [1.165, 1.54) is 12.7 Å². The molecule has 8 bridgehead atoms. The van der Waals surface area contributed by atoms with Gasteiger partial charge in [-0.05, 0) is 34.4 Å². The summed E-state index contributed by atoms with van der Waals surface area (Å²) in [7, 11) is -2.97. The molecular formula is C39H31CuN9O2S. The predicted octanol–water partition coefficient (Wildman–Crippen LogP) is 6.99. The van der Waals surface area contributed by atoms with Crippen LogP contribution in [0.1, 0.15) is 32.1 Å². The van der Waals surface area contributed by atoms with Crippen molar-refractivity contribution >= 4 is 54.2 Å². The maximum absolute atomic E-state index is 10.8. The van der Waals surface area contributed by atoms with E-state index in [4.69, 9.17) is 39.9 Å². The van der Waals surface area contributed by atoms with Gasteiger partial charge in [0, 0.05) is 50.9 Å². The van der Waals surface area contributed by atoms with Gasteiger partial charge in [0.05, 0.1) is 29.6 Å². The maximum Gasteiger partial charge on any atom is 2.00 e. The number of aromatic nitrogens is 8. The number of sulfonamides is 1. The second-order valence-electron chi connectivity index (χ2n) is 12.9. The number of nitrogens with one attached hydrogen (secondary N) is 1. The van der Waals surface area contributed by atoms with Crippen molar-refractivity contribution in [2.75, 3.05) is 6.26 Å². The van der Waals surface area contributed by atoms with E-state index in [0.717, 1.165) is 69.5 Å². The minimum Gasteiger partial charge on any atom is -0.357 e. The minimum absolute atomic E-state index is 0. The monoisotopic (exact) mass is 752 g/mol. The molecule has 3 aliphatic rings. The summed E-state index contributed by atoms with van der Waals surface area (Å²) in [5, 5.41) is 3.57. The SMILES string of the molecule is CS(=O)(=O)NC1CCCCC1.[Cu+2].c1ccc2c(c1)-c1nc-2nc2[n-]c(nc3nc(nc4[n-]c(n1)c1ccccc41)-c1ccccc1-3)c1ccccc21. The van der Waals surface area contributed by atoms with Gasteiger partial charge in [0.1, 0.15) is 0 Å². The summed E-state index contributed by atoms with van der Waals surface area (Å²) in [6.45, 7) is 0. The standard InChI is InChI=1S/C32H16N8.C7H15NO2S.Cu/c1-2-10-18-17(9-1)25-33-26(18)38-28-21-13-5-6-14-22(21)30(35-28)40-32-24-16-8-7-15-23(24)31(36-32)39-29-20-12-4-3-11-19(20)27(34-29)37-25;1-11(9,10)8-7-5-3-2-4-6-7;/h1-16H;7-8H,2-6H2,1H3;/q-2;;+2. The third-order valence-corrected chi connectivity index (χ3v) is 10.1. The molecule has 0 spiro atoms. The summed E-state index contributed by atoms with van der Waals surface area (Å²) in [5.74, 6) is 2.21. The second kappa shape index (κ2) is 13.7. The van der Waals surface area contributed by atoms with Crippen molar-refractivity contribution in [3.63, 3.8) is 0 Å². The first-order valence-corrected chi connectivity index (χ1v) is 18.8. The number of hydrogen-bond acceptors (Lipinski definition) is 8. The van der Waals surface area contributed by atoms with E-state index in [1.54, 1.807) is 0 Å². The molecule has 1 fully saturated rings. The van der Waals surface area contributed by atoms with Crippen LogP contribution in [0, 0.1) is 0 Å². The Bertz CT molecular complexity index is 2450. The van der Waals surface area contributed by atoms with Crippen molar-refractivity contribution in [1.29, 1.82) is 0 Å². The van der Waals surface area contributed by atoms with Gasteiger partial charge in [-0.3, -0.25) is 0 Å². The van der Waals surface area contributed by atoms with Gasteiger partial charge in [-0.25, -0.2) is 23.1 Å². The molecule has 52 heavy (non-hydrogen) atoms. The number of nitrogens with zero attached hydrogens (tertiary/aromatic N) is 8. The molecule has 261 valence electrons. The first-order valence-electron chi connectivity index (χ1n) is 16.9. The molecule has 1 N–H and O–H groups in total. The van der Waals surface area contributed by atoms with E-state index in [0.29, 0.717) is 45.9 Å². The van der Waals surface area contributed by atoms with E-state index in [9.17, 15) is 8.42 Å². The summed E-state index contributed by atoms with van der Waals surface area (Å²) in [6.07, 6.45) is 6.81. The van der Waals surface area contributed by atoms with Crippen molar-refractivity contribution in [2.24, 2.45) is 0 Å². The molecule has 5 heterocycles. The Morgan fingerprint density at radius 2 is 0.808 bits per heavy atom. The summed E-state index contributed by atoms with van der Waals surface area (Å²) < 4.78 is 24.2. The van der Waals surface area contributed by atoms with Crippen LogP contribution in [0.3, 0.4) is 0 Å². The van der Waals surface area contributed by atoms with Gasteiger partial charge in [-0.2, -0.15) is 0 Å². The molecule has 1 saturated carbocycles. The second-order valence-corrected chi connectivity index (χ2v) is 14.7. The molecule has 1 radical (unpaired) electrons. The summed E-state index contributed by atoms with van der Waals surface area (Å²) in [6, 6.07) is 32.0. The molecule has 10 rings (SSSR count). The summed E-state index contributed by atoms with van der Waals surface area (Å²) in [4.78, 5) is 39.3. The van der Waals surface area contributed by atoms with E-state index in [2.05, 4.69) is 4.72 Å². The van der Waals surface area contributed by atoms with E-state index >= 15 is 0 Å². The van der Waals surface area contributed by atoms with Crippen molar-refractivity contribution in [3.8, 4) is 45.6 Å². The Kier molecular flexibility index (Phi) is 8.88. The quantitative estimate of drug-likeness (QED) is 0.183. The van der Waals surface area contributed by atoms with Crippen LogP contribution in [-0.2, 0) is 27.1 Å². The van der Waals surface area contributed by atoms with E-state index in [-0.39, 0.29) is 23.1 Å². The Hall–Kier alpha value is -5.33. The van der Waals surface area contributed by atoms with Gasteiger partial charge >= 0.3 is 17.1 Å². The van der Waals surface area contributed by atoms with Crippen molar-refractivity contribution in [1.82, 2.24) is 44.6 Å². The number of hydrogen-bond donors (Lipinski definition) is 1. The first kappa shape index (κ1) is 33.8. The number of fused-ring (bicyclic) bond motifs is 20. The van der Waals surface area contributed by atoms with Crippen molar-refractivity contribution in [2.45, 2.75) is 38.1 Å². The van der Waals surface area contributed by atoms with Crippen LogP contribution in [0.2, 0.25) is 0 Å². The smallest absolute Gasteiger partial charge is 0.357 e. The fourth-order valence-electron chi connectivity index (χ4n) is 6.98. The molecular weight excluding hydrogens is 722 g/mol. The van der Waals surface area contributed by atoms with E-state index < -0.39 is 10.0 Å². The topological polar surface area (TPSA) is 152 Å². The average Bonchev–Trinajstić information content (AvgIpc) is 3.87. The van der Waals surface area contributed by atoms with Crippen LogP contribution in [0.5, 0.6) is 0 Å². The molecule has 4 aromatic carbocycles. The zero-order chi connectivity index (χ0) is 34.5. The third kappa shape index (κ3) is 6.37. The average molecular weight is 753 g/mol. The zero-order valence-electron chi connectivity index (χ0n) is 28.0. The molecule has 13 heteroatoms. The molecule has 2 aliphatic heterocycles. The van der Waals surface area contributed by atoms with Crippen LogP contribution in [-0.4, -0.2) is 50.6 Å². The molecule has 0 atom stereocenters. The van der Waals surface area contributed by atoms with Crippen LogP contribution < -0.4 is 14.7 Å². The van der Waals surface area contributed by atoms with Gasteiger partial charge in [-0.1, -0.05) is 116 Å². The summed E-state index contributed by atoms with van der Waals surface area (Å²) >= 11 is 0. The van der Waals surface area contributed by atoms with Crippen molar-refractivity contribution in [3.05, 3.63) is 97.1 Å². The van der Waals surface area contributed by atoms with Gasteiger partial charge in [0.2, 0.25) is 10.0 Å². The third-order valence-electron chi connectivity index (χ3n) is 9.32. The molecule has 1 aliphatic carbocycles. The van der Waals surface area contributed by atoms with Gasteiger partial charge in [-0.15, -0.1) is 0 Å². The Morgan fingerprint density at radius 1 is 0.500 bits per heavy atom. The van der Waals surface area contributed by atoms with Crippen LogP contribution >= 0.6 is 0 Å². The van der Waals surface area contributed by atoms with Crippen LogP contribution in [0.15, 0.2) is 97.1 Å². The van der Waals surface area contributed by atoms with Gasteiger partial charge in [0.25, 0.3) is 0 Å². The molecule has 0 unspecified atom stereocenters. The Morgan fingerprint density at radius 3 is 1.12 bits per heavy atom. The fourth-order valence-corrected chi connectivity index (χ4v) is 7.82. The van der Waals surface area contributed by atoms with Crippen LogP contribution in [0.4, 0.5) is 0 Å². The molecule has 11 nitrogen and oxygen atoms in total. The Labute approximate surface area is 310 Å². The predicted molar refractivity (Wildman–Crippen MR) is 199 cm³/mol. The zero-order valence-corrected chi connectivity index (χ0v) is 29.7. The van der Waals surface area contributed by atoms with Crippen LogP contribution in [0.25, 0.3) is 89.7 Å². The fraction of sp³-hybridized carbons (Fsp3) is 0.179. The molecule has 0 amide bonds. The largest absolute Gasteiger partial charge is 2.00 e. The van der Waals surface area contributed by atoms with Gasteiger partial charge < -0.3 is 29.9 Å². The number of benzene rings is 4. The normalized spacial score (nSPS) is 13.9. The molecule has 7 aromatic rings. The first-order chi connectivity index (χ1) is 24.9. The van der Waals surface area contributed by atoms with Crippen molar-refractivity contribution < 1.29 is 25.5 Å². The molecule has 3 aromatic heterocycles. The molecule has 0 saturated heterocycles. The Balaban J connectivity index is 0.000000280. The number of rotatable bonds is 2.